The van der Waals surface area contributed by atoms with Crippen LogP contribution in [0.4, 0.5) is 9.93 Å². The number of aromatic nitrogens is 1. The molecule has 0 radical (unpaired) electrons. The molecule has 0 fully saturated rings. The third kappa shape index (κ3) is 4.47. The van der Waals surface area contributed by atoms with Gasteiger partial charge in [0.05, 0.1) is 12.3 Å². The molecule has 1 heterocycles. The standard InChI is InChI=1S/C13H23N3O2S/c1-4-7-10-11(5-2)19-12(14-10)15-13(18)16(6-3)8-9-17/h17H,4-9H2,1-3H3,(H,14,15,18). The molecule has 1 aromatic heterocycles. The molecule has 0 unspecified atom stereocenters. The smallest absolute Gasteiger partial charge is 0.323 e. The number of amides is 2. The predicted molar refractivity (Wildman–Crippen MR) is 78.8 cm³/mol. The normalized spacial score (nSPS) is 10.5. The summed E-state index contributed by atoms with van der Waals surface area (Å²) in [6.45, 7) is 6.99. The van der Waals surface area contributed by atoms with Gasteiger partial charge in [-0.25, -0.2) is 9.78 Å². The Balaban J connectivity index is 2.73. The number of nitrogens with zero attached hydrogens (tertiary/aromatic N) is 2. The number of aliphatic hydroxyl groups is 1. The van der Waals surface area contributed by atoms with Gasteiger partial charge in [-0.05, 0) is 19.8 Å². The highest BCUT2D eigenvalue weighted by Crippen LogP contribution is 2.24. The molecule has 0 aromatic carbocycles. The van der Waals surface area contributed by atoms with Crippen LogP contribution >= 0.6 is 11.3 Å². The zero-order chi connectivity index (χ0) is 14.3. The van der Waals surface area contributed by atoms with E-state index in [-0.39, 0.29) is 12.6 Å². The molecular weight excluding hydrogens is 262 g/mol. The summed E-state index contributed by atoms with van der Waals surface area (Å²) >= 11 is 1.54. The summed E-state index contributed by atoms with van der Waals surface area (Å²) in [5.74, 6) is 0. The SMILES string of the molecule is CCCc1nc(NC(=O)N(CC)CCO)sc1CC. The van der Waals surface area contributed by atoms with E-state index in [1.807, 2.05) is 6.92 Å². The summed E-state index contributed by atoms with van der Waals surface area (Å²) in [4.78, 5) is 19.3. The lowest BCUT2D eigenvalue weighted by molar-refractivity contribution is 0.192. The van der Waals surface area contributed by atoms with Gasteiger partial charge < -0.3 is 10.0 Å². The van der Waals surface area contributed by atoms with Crippen molar-refractivity contribution in [1.29, 1.82) is 0 Å². The molecular formula is C13H23N3O2S. The summed E-state index contributed by atoms with van der Waals surface area (Å²) in [5, 5.41) is 12.4. The summed E-state index contributed by atoms with van der Waals surface area (Å²) in [5.41, 5.74) is 1.09. The first kappa shape index (κ1) is 15.9. The van der Waals surface area contributed by atoms with Crippen LogP contribution < -0.4 is 5.32 Å². The van der Waals surface area contributed by atoms with Crippen LogP contribution in [0.5, 0.6) is 0 Å². The molecule has 1 rings (SSSR count). The van der Waals surface area contributed by atoms with Crippen LogP contribution in [0.1, 0.15) is 37.8 Å². The first-order valence-electron chi connectivity index (χ1n) is 6.81. The van der Waals surface area contributed by atoms with Crippen LogP contribution in [-0.4, -0.2) is 40.7 Å². The summed E-state index contributed by atoms with van der Waals surface area (Å²) in [6.07, 6.45) is 2.94. The van der Waals surface area contributed by atoms with E-state index in [0.29, 0.717) is 18.2 Å². The molecule has 0 saturated carbocycles. The largest absolute Gasteiger partial charge is 0.395 e. The number of aliphatic hydroxyl groups excluding tert-OH is 1. The maximum absolute atomic E-state index is 12.0. The quantitative estimate of drug-likeness (QED) is 0.809. The van der Waals surface area contributed by atoms with Crippen molar-refractivity contribution in [2.75, 3.05) is 25.0 Å². The number of anilines is 1. The highest BCUT2D eigenvalue weighted by atomic mass is 32.1. The van der Waals surface area contributed by atoms with Crippen LogP contribution in [0.15, 0.2) is 0 Å². The van der Waals surface area contributed by atoms with Crippen LogP contribution in [-0.2, 0) is 12.8 Å². The molecule has 0 saturated heterocycles. The number of carbonyl (C=O) groups is 1. The maximum atomic E-state index is 12.0. The highest BCUT2D eigenvalue weighted by Gasteiger charge is 2.15. The van der Waals surface area contributed by atoms with E-state index >= 15 is 0 Å². The molecule has 0 bridgehead atoms. The van der Waals surface area contributed by atoms with E-state index in [2.05, 4.69) is 24.1 Å². The van der Waals surface area contributed by atoms with Gasteiger partial charge in [-0.1, -0.05) is 20.3 Å². The molecule has 0 aliphatic carbocycles. The number of thiazole rings is 1. The average molecular weight is 285 g/mol. The third-order valence-electron chi connectivity index (χ3n) is 2.84. The molecule has 19 heavy (non-hydrogen) atoms. The Morgan fingerprint density at radius 1 is 1.42 bits per heavy atom. The Bertz CT molecular complexity index is 407. The summed E-state index contributed by atoms with van der Waals surface area (Å²) < 4.78 is 0. The Kier molecular flexibility index (Phi) is 6.80. The zero-order valence-electron chi connectivity index (χ0n) is 11.9. The number of hydrogen-bond acceptors (Lipinski definition) is 4. The number of aryl methyl sites for hydroxylation is 2. The van der Waals surface area contributed by atoms with Crippen molar-refractivity contribution < 1.29 is 9.90 Å². The Morgan fingerprint density at radius 2 is 2.16 bits per heavy atom. The molecule has 1 aromatic rings. The van der Waals surface area contributed by atoms with Gasteiger partial charge in [-0.3, -0.25) is 5.32 Å². The van der Waals surface area contributed by atoms with Crippen molar-refractivity contribution in [3.8, 4) is 0 Å². The molecule has 0 aliphatic heterocycles. The zero-order valence-corrected chi connectivity index (χ0v) is 12.7. The second-order valence-corrected chi connectivity index (χ2v) is 5.31. The number of carbonyl (C=O) groups excluding carboxylic acids is 1. The minimum atomic E-state index is -0.198. The lowest BCUT2D eigenvalue weighted by atomic mass is 10.2. The van der Waals surface area contributed by atoms with Gasteiger partial charge in [0.25, 0.3) is 0 Å². The number of likely N-dealkylation sites (N-methyl/N-ethyl adjacent to an activating group) is 1. The molecule has 2 amide bonds. The van der Waals surface area contributed by atoms with E-state index in [1.54, 1.807) is 16.2 Å². The van der Waals surface area contributed by atoms with Gasteiger partial charge in [0.2, 0.25) is 0 Å². The van der Waals surface area contributed by atoms with Crippen molar-refractivity contribution in [2.24, 2.45) is 0 Å². The van der Waals surface area contributed by atoms with Crippen LogP contribution in [0, 0.1) is 0 Å². The molecule has 6 heteroatoms. The minimum Gasteiger partial charge on any atom is -0.395 e. The fourth-order valence-corrected chi connectivity index (χ4v) is 2.78. The van der Waals surface area contributed by atoms with Crippen LogP contribution in [0.3, 0.4) is 0 Å². The van der Waals surface area contributed by atoms with Crippen LogP contribution in [0.2, 0.25) is 0 Å². The van der Waals surface area contributed by atoms with Crippen molar-refractivity contribution in [3.05, 3.63) is 10.6 Å². The van der Waals surface area contributed by atoms with Crippen LogP contribution in [0.25, 0.3) is 0 Å². The molecule has 0 atom stereocenters. The van der Waals surface area contributed by atoms with Gasteiger partial charge in [0.1, 0.15) is 0 Å². The van der Waals surface area contributed by atoms with Gasteiger partial charge >= 0.3 is 6.03 Å². The lowest BCUT2D eigenvalue weighted by Crippen LogP contribution is -2.36. The van der Waals surface area contributed by atoms with Gasteiger partial charge in [0, 0.05) is 18.0 Å². The highest BCUT2D eigenvalue weighted by molar-refractivity contribution is 7.15. The Labute approximate surface area is 118 Å². The second-order valence-electron chi connectivity index (χ2n) is 4.23. The number of nitrogens with one attached hydrogen (secondary N) is 1. The van der Waals surface area contributed by atoms with E-state index in [9.17, 15) is 4.79 Å². The van der Waals surface area contributed by atoms with Crippen molar-refractivity contribution in [1.82, 2.24) is 9.88 Å². The van der Waals surface area contributed by atoms with Gasteiger partial charge in [-0.2, -0.15) is 0 Å². The van der Waals surface area contributed by atoms with E-state index in [0.717, 1.165) is 25.0 Å². The molecule has 0 spiro atoms. The van der Waals surface area contributed by atoms with E-state index in [4.69, 9.17) is 5.11 Å². The first-order valence-corrected chi connectivity index (χ1v) is 7.63. The molecule has 2 N–H and O–H groups in total. The van der Waals surface area contributed by atoms with Crippen molar-refractivity contribution in [3.63, 3.8) is 0 Å². The molecule has 108 valence electrons. The second kappa shape index (κ2) is 8.12. The first-order chi connectivity index (χ1) is 9.15. The van der Waals surface area contributed by atoms with Gasteiger partial charge in [0.15, 0.2) is 5.13 Å². The summed E-state index contributed by atoms with van der Waals surface area (Å²) in [6, 6.07) is -0.198. The number of rotatable bonds is 7. The van der Waals surface area contributed by atoms with Crippen molar-refractivity contribution in [2.45, 2.75) is 40.0 Å². The topological polar surface area (TPSA) is 65.5 Å². The fourth-order valence-electron chi connectivity index (χ4n) is 1.84. The average Bonchev–Trinajstić information content (AvgIpc) is 2.78. The number of hydrogen-bond donors (Lipinski definition) is 2. The number of urea groups is 1. The summed E-state index contributed by atoms with van der Waals surface area (Å²) in [7, 11) is 0. The van der Waals surface area contributed by atoms with Crippen molar-refractivity contribution >= 4 is 22.5 Å². The lowest BCUT2D eigenvalue weighted by Gasteiger charge is -2.19. The molecule has 0 aliphatic rings. The maximum Gasteiger partial charge on any atom is 0.323 e. The van der Waals surface area contributed by atoms with Gasteiger partial charge in [-0.15, -0.1) is 11.3 Å². The third-order valence-corrected chi connectivity index (χ3v) is 4.00. The Morgan fingerprint density at radius 3 is 2.68 bits per heavy atom. The predicted octanol–water partition coefficient (Wildman–Crippen LogP) is 2.50. The monoisotopic (exact) mass is 285 g/mol. The molecule has 5 nitrogen and oxygen atoms in total. The van der Waals surface area contributed by atoms with E-state index < -0.39 is 0 Å². The minimum absolute atomic E-state index is 0.0274. The Hall–Kier alpha value is -1.14. The fraction of sp³-hybridized carbons (Fsp3) is 0.692. The van der Waals surface area contributed by atoms with E-state index in [1.165, 1.54) is 4.88 Å².